The van der Waals surface area contributed by atoms with E-state index < -0.39 is 0 Å². The maximum Gasteiger partial charge on any atom is 0.170 e. The van der Waals surface area contributed by atoms with Gasteiger partial charge >= 0.3 is 0 Å². The highest BCUT2D eigenvalue weighted by molar-refractivity contribution is 5.79. The van der Waals surface area contributed by atoms with Crippen LogP contribution in [0.1, 0.15) is 0 Å². The Morgan fingerprint density at radius 1 is 0.667 bits per heavy atom. The van der Waals surface area contributed by atoms with Gasteiger partial charge in [0.2, 0.25) is 0 Å². The second-order valence-corrected chi connectivity index (χ2v) is 4.91. The minimum absolute atomic E-state index is 0.161. The minimum atomic E-state index is -0.288. The van der Waals surface area contributed by atoms with Crippen LogP contribution in [0.5, 0.6) is 23.0 Å². The fourth-order valence-corrected chi connectivity index (χ4v) is 2.15. The third-order valence-electron chi connectivity index (χ3n) is 3.36. The van der Waals surface area contributed by atoms with Gasteiger partial charge in [-0.05, 0) is 42.0 Å². The zero-order valence-electron chi connectivity index (χ0n) is 12.3. The van der Waals surface area contributed by atoms with Crippen LogP contribution in [0.25, 0.3) is 11.1 Å². The number of aromatic hydroxyl groups is 4. The van der Waals surface area contributed by atoms with Crippen LogP contribution in [0, 0.1) is 0 Å². The summed E-state index contributed by atoms with van der Waals surface area (Å²) in [5.74, 6) is -1.12. The summed E-state index contributed by atoms with van der Waals surface area (Å²) in [6.07, 6.45) is 3.14. The fraction of sp³-hybridized carbons (Fsp3) is 0. The Morgan fingerprint density at radius 2 is 1.25 bits per heavy atom. The molecule has 0 bridgehead atoms. The van der Waals surface area contributed by atoms with Gasteiger partial charge in [-0.3, -0.25) is 4.98 Å². The number of hydrogen-bond acceptors (Lipinski definition) is 7. The molecule has 0 fully saturated rings. The fourth-order valence-electron chi connectivity index (χ4n) is 2.15. The highest BCUT2D eigenvalue weighted by Crippen LogP contribution is 2.45. The summed E-state index contributed by atoms with van der Waals surface area (Å²) >= 11 is 0. The van der Waals surface area contributed by atoms with Crippen molar-refractivity contribution in [2.75, 3.05) is 0 Å². The maximum absolute atomic E-state index is 10.4. The second kappa shape index (κ2) is 6.25. The Balaban J connectivity index is 2.07. The molecule has 0 aliphatic heterocycles. The molecule has 0 atom stereocenters. The Hall–Kier alpha value is -3.61. The smallest absolute Gasteiger partial charge is 0.170 e. The van der Waals surface area contributed by atoms with E-state index in [2.05, 4.69) is 15.2 Å². The van der Waals surface area contributed by atoms with Crippen molar-refractivity contribution in [3.63, 3.8) is 0 Å². The number of pyridine rings is 1. The molecule has 1 heterocycles. The molecule has 0 amide bonds. The van der Waals surface area contributed by atoms with Gasteiger partial charge in [0.25, 0.3) is 0 Å². The van der Waals surface area contributed by atoms with E-state index in [1.165, 1.54) is 30.3 Å². The van der Waals surface area contributed by atoms with Gasteiger partial charge in [-0.25, -0.2) is 0 Å². The first kappa shape index (κ1) is 15.3. The molecule has 0 unspecified atom stereocenters. The molecule has 3 rings (SSSR count). The number of phenolic OH excluding ortho intramolecular Hbond substituents is 4. The van der Waals surface area contributed by atoms with Crippen molar-refractivity contribution in [3.8, 4) is 34.1 Å². The summed E-state index contributed by atoms with van der Waals surface area (Å²) in [5, 5.41) is 47.2. The Kier molecular flexibility index (Phi) is 3.98. The molecule has 0 saturated carbocycles. The van der Waals surface area contributed by atoms with Crippen LogP contribution in [-0.2, 0) is 0 Å². The van der Waals surface area contributed by atoms with Gasteiger partial charge in [-0.15, -0.1) is 10.2 Å². The molecule has 0 radical (unpaired) electrons. The lowest BCUT2D eigenvalue weighted by atomic mass is 10.0. The Labute approximate surface area is 136 Å². The van der Waals surface area contributed by atoms with Crippen molar-refractivity contribution >= 4 is 11.4 Å². The van der Waals surface area contributed by atoms with Gasteiger partial charge in [0.15, 0.2) is 17.1 Å². The first-order chi connectivity index (χ1) is 11.6. The zero-order chi connectivity index (χ0) is 17.1. The molecule has 3 aromatic rings. The predicted octanol–water partition coefficient (Wildman–Crippen LogP) is 3.99. The van der Waals surface area contributed by atoms with E-state index >= 15 is 0 Å². The van der Waals surface area contributed by atoms with E-state index in [9.17, 15) is 20.4 Å². The summed E-state index contributed by atoms with van der Waals surface area (Å²) < 4.78 is 0. The molecule has 7 nitrogen and oxygen atoms in total. The third kappa shape index (κ3) is 2.82. The minimum Gasteiger partial charge on any atom is -0.505 e. The SMILES string of the molecule is Oc1cccc(O)c1N=Nc1c(O)ccc(-c2ccncc2)c1O. The maximum atomic E-state index is 10.4. The van der Waals surface area contributed by atoms with Crippen LogP contribution in [0.3, 0.4) is 0 Å². The number of rotatable bonds is 3. The number of aromatic nitrogens is 1. The van der Waals surface area contributed by atoms with Gasteiger partial charge in [-0.1, -0.05) is 6.07 Å². The van der Waals surface area contributed by atoms with E-state index in [0.29, 0.717) is 11.1 Å². The van der Waals surface area contributed by atoms with Gasteiger partial charge in [0.1, 0.15) is 17.2 Å². The lowest BCUT2D eigenvalue weighted by Gasteiger charge is -2.08. The average molecular weight is 323 g/mol. The molecule has 0 aliphatic carbocycles. The van der Waals surface area contributed by atoms with Crippen LogP contribution in [0.4, 0.5) is 11.4 Å². The predicted molar refractivity (Wildman–Crippen MR) is 87.0 cm³/mol. The zero-order valence-corrected chi connectivity index (χ0v) is 12.3. The van der Waals surface area contributed by atoms with Crippen LogP contribution in [-0.4, -0.2) is 25.4 Å². The number of nitrogens with zero attached hydrogens (tertiary/aromatic N) is 3. The third-order valence-corrected chi connectivity index (χ3v) is 3.36. The van der Waals surface area contributed by atoms with Crippen molar-refractivity contribution < 1.29 is 20.4 Å². The molecule has 2 aromatic carbocycles. The van der Waals surface area contributed by atoms with Crippen LogP contribution >= 0.6 is 0 Å². The Bertz CT molecular complexity index is 891. The summed E-state index contributed by atoms with van der Waals surface area (Å²) in [7, 11) is 0. The first-order valence-electron chi connectivity index (χ1n) is 6.96. The van der Waals surface area contributed by atoms with Gasteiger partial charge in [0.05, 0.1) is 0 Å². The Morgan fingerprint density at radius 3 is 1.92 bits per heavy atom. The second-order valence-electron chi connectivity index (χ2n) is 4.91. The summed E-state index contributed by atoms with van der Waals surface area (Å²) in [6, 6.07) is 10.4. The lowest BCUT2D eigenvalue weighted by molar-refractivity contribution is 0.449. The summed E-state index contributed by atoms with van der Waals surface area (Å²) in [4.78, 5) is 3.91. The lowest BCUT2D eigenvalue weighted by Crippen LogP contribution is -1.81. The van der Waals surface area contributed by atoms with Crippen molar-refractivity contribution in [1.82, 2.24) is 4.98 Å². The van der Waals surface area contributed by atoms with Crippen LogP contribution in [0.15, 0.2) is 65.1 Å². The van der Waals surface area contributed by atoms with Crippen LogP contribution < -0.4 is 0 Å². The van der Waals surface area contributed by atoms with E-state index in [0.717, 1.165) is 0 Å². The quantitative estimate of drug-likeness (QED) is 0.543. The van der Waals surface area contributed by atoms with Crippen LogP contribution in [0.2, 0.25) is 0 Å². The van der Waals surface area contributed by atoms with Crippen molar-refractivity contribution in [3.05, 3.63) is 54.9 Å². The van der Waals surface area contributed by atoms with Gasteiger partial charge < -0.3 is 20.4 Å². The van der Waals surface area contributed by atoms with E-state index in [1.807, 2.05) is 0 Å². The molecule has 0 spiro atoms. The molecule has 0 aliphatic rings. The standard InChI is InChI=1S/C17H13N3O4/c21-12-2-1-3-13(22)15(12)19-20-16-14(23)5-4-11(17(16)24)10-6-8-18-9-7-10/h1-9,21-24H. The molecule has 4 N–H and O–H groups in total. The first-order valence-corrected chi connectivity index (χ1v) is 6.96. The van der Waals surface area contributed by atoms with Crippen molar-refractivity contribution in [2.24, 2.45) is 10.2 Å². The average Bonchev–Trinajstić information content (AvgIpc) is 2.58. The molecule has 120 valence electrons. The van der Waals surface area contributed by atoms with Crippen molar-refractivity contribution in [2.45, 2.75) is 0 Å². The van der Waals surface area contributed by atoms with Crippen molar-refractivity contribution in [1.29, 1.82) is 0 Å². The summed E-state index contributed by atoms with van der Waals surface area (Å²) in [5.41, 5.74) is 0.785. The molecule has 0 saturated heterocycles. The van der Waals surface area contributed by atoms with Gasteiger partial charge in [-0.2, -0.15) is 0 Å². The molecule has 7 heteroatoms. The van der Waals surface area contributed by atoms with E-state index in [-0.39, 0.29) is 34.4 Å². The number of hydrogen-bond donors (Lipinski definition) is 4. The molecule has 1 aromatic heterocycles. The number of phenols is 4. The number of benzene rings is 2. The molecule has 24 heavy (non-hydrogen) atoms. The summed E-state index contributed by atoms with van der Waals surface area (Å²) in [6.45, 7) is 0. The van der Waals surface area contributed by atoms with E-state index in [4.69, 9.17) is 0 Å². The van der Waals surface area contributed by atoms with Gasteiger partial charge in [0, 0.05) is 18.0 Å². The topological polar surface area (TPSA) is 119 Å². The normalized spacial score (nSPS) is 11.0. The molecular weight excluding hydrogens is 310 g/mol. The highest BCUT2D eigenvalue weighted by Gasteiger charge is 2.14. The van der Waals surface area contributed by atoms with E-state index in [1.54, 1.807) is 24.5 Å². The largest absolute Gasteiger partial charge is 0.505 e. The highest BCUT2D eigenvalue weighted by atomic mass is 16.3. The molecular formula is C17H13N3O4. The monoisotopic (exact) mass is 323 g/mol. The number of azo groups is 1.